The number of hydrogen-bond donors (Lipinski definition) is 1. The van der Waals surface area contributed by atoms with Crippen LogP contribution in [-0.2, 0) is 16.4 Å². The van der Waals surface area contributed by atoms with Crippen LogP contribution >= 0.6 is 11.3 Å². The summed E-state index contributed by atoms with van der Waals surface area (Å²) in [5.74, 6) is 0.0744. The fourth-order valence-electron chi connectivity index (χ4n) is 2.50. The van der Waals surface area contributed by atoms with Crippen molar-refractivity contribution in [2.45, 2.75) is 42.9 Å². The van der Waals surface area contributed by atoms with Gasteiger partial charge in [-0.3, -0.25) is 0 Å². The minimum Gasteiger partial charge on any atom is -0.393 e. The lowest BCUT2D eigenvalue weighted by molar-refractivity contribution is 0.123. The molecule has 2 unspecified atom stereocenters. The molecule has 1 aromatic heterocycles. The number of rotatable bonds is 5. The van der Waals surface area contributed by atoms with E-state index in [0.717, 1.165) is 30.6 Å². The number of aliphatic hydroxyl groups excluding tert-OH is 1. The van der Waals surface area contributed by atoms with Crippen LogP contribution in [0.25, 0.3) is 0 Å². The van der Waals surface area contributed by atoms with Crippen molar-refractivity contribution in [1.29, 1.82) is 0 Å². The highest BCUT2D eigenvalue weighted by Crippen LogP contribution is 2.29. The maximum absolute atomic E-state index is 12.4. The zero-order valence-electron chi connectivity index (χ0n) is 11.4. The van der Waals surface area contributed by atoms with Gasteiger partial charge in [0.05, 0.1) is 6.10 Å². The van der Waals surface area contributed by atoms with E-state index in [1.54, 1.807) is 13.1 Å². The van der Waals surface area contributed by atoms with Gasteiger partial charge in [0.25, 0.3) is 10.0 Å². The highest BCUT2D eigenvalue weighted by molar-refractivity contribution is 7.91. The Morgan fingerprint density at radius 2 is 2.16 bits per heavy atom. The third-order valence-corrected chi connectivity index (χ3v) is 7.28. The van der Waals surface area contributed by atoms with Crippen molar-refractivity contribution in [2.75, 3.05) is 13.6 Å². The Morgan fingerprint density at radius 3 is 2.68 bits per heavy atom. The Bertz CT molecular complexity index is 524. The normalized spacial score (nSPS) is 24.2. The Labute approximate surface area is 119 Å². The Hall–Kier alpha value is -0.430. The molecule has 108 valence electrons. The van der Waals surface area contributed by atoms with Gasteiger partial charge in [-0.05, 0) is 37.3 Å². The molecule has 0 aliphatic heterocycles. The van der Waals surface area contributed by atoms with E-state index in [9.17, 15) is 13.5 Å². The first-order chi connectivity index (χ1) is 8.95. The lowest BCUT2D eigenvalue weighted by Gasteiger charge is -2.22. The largest absolute Gasteiger partial charge is 0.393 e. The average molecular weight is 303 g/mol. The molecule has 0 bridgehead atoms. The Kier molecular flexibility index (Phi) is 4.66. The molecule has 1 N–H and O–H groups in total. The Balaban J connectivity index is 2.10. The fourth-order valence-corrected chi connectivity index (χ4v) is 5.23. The molecule has 1 aliphatic rings. The molecule has 1 fully saturated rings. The van der Waals surface area contributed by atoms with Gasteiger partial charge < -0.3 is 5.11 Å². The average Bonchev–Trinajstić information content (AvgIpc) is 2.99. The van der Waals surface area contributed by atoms with Crippen LogP contribution < -0.4 is 0 Å². The molecule has 19 heavy (non-hydrogen) atoms. The molecule has 1 aliphatic carbocycles. The summed E-state index contributed by atoms with van der Waals surface area (Å²) in [5, 5.41) is 9.80. The molecule has 2 rings (SSSR count). The maximum Gasteiger partial charge on any atom is 0.252 e. The van der Waals surface area contributed by atoms with Gasteiger partial charge in [-0.1, -0.05) is 13.3 Å². The van der Waals surface area contributed by atoms with Crippen LogP contribution in [0, 0.1) is 5.92 Å². The molecule has 1 aromatic rings. The summed E-state index contributed by atoms with van der Waals surface area (Å²) in [6.07, 6.45) is 3.18. The molecule has 1 saturated carbocycles. The van der Waals surface area contributed by atoms with Crippen molar-refractivity contribution in [2.24, 2.45) is 5.92 Å². The minimum absolute atomic E-state index is 0.0744. The first-order valence-electron chi connectivity index (χ1n) is 6.68. The number of aliphatic hydroxyl groups is 1. The minimum atomic E-state index is -3.40. The van der Waals surface area contributed by atoms with E-state index in [0.29, 0.717) is 10.8 Å². The van der Waals surface area contributed by atoms with Gasteiger partial charge in [0, 0.05) is 18.5 Å². The summed E-state index contributed by atoms with van der Waals surface area (Å²) < 4.78 is 26.6. The van der Waals surface area contributed by atoms with Crippen molar-refractivity contribution < 1.29 is 13.5 Å². The highest BCUT2D eigenvalue weighted by atomic mass is 32.2. The van der Waals surface area contributed by atoms with Crippen LogP contribution in [0.4, 0.5) is 0 Å². The molecule has 0 amide bonds. The number of hydrogen-bond acceptors (Lipinski definition) is 4. The van der Waals surface area contributed by atoms with E-state index in [4.69, 9.17) is 0 Å². The van der Waals surface area contributed by atoms with Crippen LogP contribution in [0.2, 0.25) is 0 Å². The van der Waals surface area contributed by atoms with Gasteiger partial charge in [0.1, 0.15) is 4.21 Å². The smallest absolute Gasteiger partial charge is 0.252 e. The molecular weight excluding hydrogens is 282 g/mol. The summed E-state index contributed by atoms with van der Waals surface area (Å²) in [5.41, 5.74) is 0. The predicted octanol–water partition coefficient (Wildman–Crippen LogP) is 2.09. The summed E-state index contributed by atoms with van der Waals surface area (Å²) in [6, 6.07) is 3.55. The molecule has 1 heterocycles. The number of thiophene rings is 1. The first-order valence-corrected chi connectivity index (χ1v) is 8.94. The van der Waals surface area contributed by atoms with Crippen molar-refractivity contribution in [3.8, 4) is 0 Å². The molecule has 6 heteroatoms. The first kappa shape index (κ1) is 15.0. The monoisotopic (exact) mass is 303 g/mol. The van der Waals surface area contributed by atoms with Crippen LogP contribution in [0.3, 0.4) is 0 Å². The van der Waals surface area contributed by atoms with Crippen molar-refractivity contribution in [3.05, 3.63) is 17.0 Å². The Morgan fingerprint density at radius 1 is 1.42 bits per heavy atom. The maximum atomic E-state index is 12.4. The molecule has 0 spiro atoms. The standard InChI is InChI=1S/C13H21NO3S2/c1-3-11-7-8-13(18-11)19(16,17)14(2)9-10-5-4-6-12(10)15/h7-8,10,12,15H,3-6,9H2,1-2H3. The second-order valence-corrected chi connectivity index (χ2v) is 8.56. The van der Waals surface area contributed by atoms with Crippen LogP contribution in [0.1, 0.15) is 31.1 Å². The third-order valence-electron chi connectivity index (χ3n) is 3.76. The zero-order chi connectivity index (χ0) is 14.0. The lowest BCUT2D eigenvalue weighted by Crippen LogP contribution is -2.34. The van der Waals surface area contributed by atoms with Gasteiger partial charge in [0.15, 0.2) is 0 Å². The van der Waals surface area contributed by atoms with Crippen molar-refractivity contribution >= 4 is 21.4 Å². The van der Waals surface area contributed by atoms with Crippen LogP contribution in [0.15, 0.2) is 16.3 Å². The van der Waals surface area contributed by atoms with E-state index in [-0.39, 0.29) is 12.0 Å². The third kappa shape index (κ3) is 3.18. The van der Waals surface area contributed by atoms with E-state index in [1.807, 2.05) is 13.0 Å². The van der Waals surface area contributed by atoms with E-state index in [1.165, 1.54) is 15.6 Å². The quantitative estimate of drug-likeness (QED) is 0.906. The molecular formula is C13H21NO3S2. The van der Waals surface area contributed by atoms with E-state index in [2.05, 4.69) is 0 Å². The lowest BCUT2D eigenvalue weighted by atomic mass is 10.1. The number of nitrogens with zero attached hydrogens (tertiary/aromatic N) is 1. The van der Waals surface area contributed by atoms with E-state index >= 15 is 0 Å². The SMILES string of the molecule is CCc1ccc(S(=O)(=O)N(C)CC2CCCC2O)s1. The second kappa shape index (κ2) is 5.91. The van der Waals surface area contributed by atoms with Gasteiger partial charge in [-0.15, -0.1) is 11.3 Å². The fraction of sp³-hybridized carbons (Fsp3) is 0.692. The van der Waals surface area contributed by atoms with Crippen LogP contribution in [0.5, 0.6) is 0 Å². The molecule has 2 atom stereocenters. The van der Waals surface area contributed by atoms with Crippen molar-refractivity contribution in [1.82, 2.24) is 4.31 Å². The predicted molar refractivity (Wildman–Crippen MR) is 76.9 cm³/mol. The highest BCUT2D eigenvalue weighted by Gasteiger charge is 2.31. The molecule has 4 nitrogen and oxygen atoms in total. The summed E-state index contributed by atoms with van der Waals surface area (Å²) >= 11 is 1.33. The number of aryl methyl sites for hydroxylation is 1. The molecule has 0 aromatic carbocycles. The topological polar surface area (TPSA) is 57.6 Å². The second-order valence-electron chi connectivity index (χ2n) is 5.12. The van der Waals surface area contributed by atoms with Gasteiger partial charge in [0.2, 0.25) is 0 Å². The summed E-state index contributed by atoms with van der Waals surface area (Å²) in [7, 11) is -1.80. The summed E-state index contributed by atoms with van der Waals surface area (Å²) in [6.45, 7) is 2.42. The molecule has 0 radical (unpaired) electrons. The van der Waals surface area contributed by atoms with Crippen molar-refractivity contribution in [3.63, 3.8) is 0 Å². The van der Waals surface area contributed by atoms with E-state index < -0.39 is 10.0 Å². The molecule has 0 saturated heterocycles. The summed E-state index contributed by atoms with van der Waals surface area (Å²) in [4.78, 5) is 1.08. The number of sulfonamides is 1. The van der Waals surface area contributed by atoms with Gasteiger partial charge in [-0.2, -0.15) is 4.31 Å². The van der Waals surface area contributed by atoms with Gasteiger partial charge in [-0.25, -0.2) is 8.42 Å². The zero-order valence-corrected chi connectivity index (χ0v) is 13.0. The van der Waals surface area contributed by atoms with Crippen LogP contribution in [-0.4, -0.2) is 37.5 Å². The van der Waals surface area contributed by atoms with Gasteiger partial charge >= 0.3 is 0 Å².